The summed E-state index contributed by atoms with van der Waals surface area (Å²) in [5.41, 5.74) is 0.500. The highest BCUT2D eigenvalue weighted by molar-refractivity contribution is 4.85. The molecular weight excluding hydrogens is 134 g/mol. The van der Waals surface area contributed by atoms with Crippen LogP contribution in [0.4, 0.5) is 0 Å². The van der Waals surface area contributed by atoms with Crippen LogP contribution in [0.25, 0.3) is 0 Å². The van der Waals surface area contributed by atoms with Crippen molar-refractivity contribution in [2.75, 3.05) is 6.54 Å². The zero-order valence-corrected chi connectivity index (χ0v) is 8.11. The van der Waals surface area contributed by atoms with Gasteiger partial charge in [-0.2, -0.15) is 0 Å². The quantitative estimate of drug-likeness (QED) is 0.646. The van der Waals surface area contributed by atoms with Crippen LogP contribution < -0.4 is 5.32 Å². The fourth-order valence-electron chi connectivity index (χ4n) is 1.77. The van der Waals surface area contributed by atoms with Gasteiger partial charge in [0.1, 0.15) is 0 Å². The molecule has 0 spiro atoms. The summed E-state index contributed by atoms with van der Waals surface area (Å²) in [7, 11) is 0. The van der Waals surface area contributed by atoms with E-state index in [0.717, 1.165) is 6.04 Å². The maximum atomic E-state index is 3.61. The zero-order chi connectivity index (χ0) is 8.32. The van der Waals surface area contributed by atoms with E-state index in [1.807, 2.05) is 0 Å². The van der Waals surface area contributed by atoms with Crippen molar-refractivity contribution in [1.82, 2.24) is 5.32 Å². The number of hydrogen-bond donors (Lipinski definition) is 1. The second-order valence-electron chi connectivity index (χ2n) is 4.34. The van der Waals surface area contributed by atoms with E-state index in [0.29, 0.717) is 5.41 Å². The molecule has 1 atom stereocenters. The van der Waals surface area contributed by atoms with Gasteiger partial charge in [-0.25, -0.2) is 0 Å². The van der Waals surface area contributed by atoms with E-state index < -0.39 is 0 Å². The van der Waals surface area contributed by atoms with Gasteiger partial charge in [-0.15, -0.1) is 0 Å². The van der Waals surface area contributed by atoms with Gasteiger partial charge in [-0.1, -0.05) is 27.2 Å². The molecule has 0 amide bonds. The molecule has 66 valence electrons. The summed E-state index contributed by atoms with van der Waals surface area (Å²) in [6, 6.07) is 0.765. The Hall–Kier alpha value is -0.0400. The Morgan fingerprint density at radius 2 is 2.09 bits per heavy atom. The predicted octanol–water partition coefficient (Wildman–Crippen LogP) is 2.56. The molecule has 0 aliphatic carbocycles. The highest BCUT2D eigenvalue weighted by atomic mass is 14.9. The van der Waals surface area contributed by atoms with Crippen LogP contribution in [0.3, 0.4) is 0 Å². The topological polar surface area (TPSA) is 12.0 Å². The van der Waals surface area contributed by atoms with Crippen LogP contribution in [0.15, 0.2) is 0 Å². The first-order valence-corrected chi connectivity index (χ1v) is 4.90. The zero-order valence-electron chi connectivity index (χ0n) is 8.11. The molecule has 0 saturated carbocycles. The molecule has 1 saturated heterocycles. The molecule has 0 aromatic heterocycles. The molecule has 11 heavy (non-hydrogen) atoms. The largest absolute Gasteiger partial charge is 0.313 e. The second-order valence-corrected chi connectivity index (χ2v) is 4.34. The lowest BCUT2D eigenvalue weighted by Crippen LogP contribution is -2.44. The third kappa shape index (κ3) is 2.19. The lowest BCUT2D eigenvalue weighted by atomic mass is 9.78. The second kappa shape index (κ2) is 3.57. The lowest BCUT2D eigenvalue weighted by molar-refractivity contribution is 0.197. The van der Waals surface area contributed by atoms with Gasteiger partial charge < -0.3 is 5.32 Å². The molecule has 1 heterocycles. The highest BCUT2D eigenvalue weighted by Gasteiger charge is 2.28. The first kappa shape index (κ1) is 9.05. The summed E-state index contributed by atoms with van der Waals surface area (Å²) in [4.78, 5) is 0. The van der Waals surface area contributed by atoms with Crippen molar-refractivity contribution >= 4 is 0 Å². The molecule has 1 aliphatic heterocycles. The van der Waals surface area contributed by atoms with Crippen molar-refractivity contribution < 1.29 is 0 Å². The van der Waals surface area contributed by atoms with Crippen LogP contribution in [-0.2, 0) is 0 Å². The van der Waals surface area contributed by atoms with Gasteiger partial charge in [-0.3, -0.25) is 0 Å². The Morgan fingerprint density at radius 1 is 1.36 bits per heavy atom. The highest BCUT2D eigenvalue weighted by Crippen LogP contribution is 2.29. The Kier molecular flexibility index (Phi) is 2.94. The van der Waals surface area contributed by atoms with Crippen LogP contribution in [0.5, 0.6) is 0 Å². The van der Waals surface area contributed by atoms with E-state index in [1.165, 1.54) is 32.2 Å². The van der Waals surface area contributed by atoms with Gasteiger partial charge in [0.05, 0.1) is 0 Å². The monoisotopic (exact) mass is 155 g/mol. The van der Waals surface area contributed by atoms with Gasteiger partial charge in [0.15, 0.2) is 0 Å². The summed E-state index contributed by atoms with van der Waals surface area (Å²) in [6.07, 6.45) is 5.45. The summed E-state index contributed by atoms with van der Waals surface area (Å²) in [5.74, 6) is 0. The molecule has 1 rings (SSSR count). The van der Waals surface area contributed by atoms with Crippen LogP contribution in [0.1, 0.15) is 46.5 Å². The smallest absolute Gasteiger partial charge is 0.0118 e. The Labute approximate surface area is 70.6 Å². The molecule has 1 nitrogen and oxygen atoms in total. The summed E-state index contributed by atoms with van der Waals surface area (Å²) >= 11 is 0. The fourth-order valence-corrected chi connectivity index (χ4v) is 1.77. The van der Waals surface area contributed by atoms with E-state index in [2.05, 4.69) is 26.1 Å². The summed E-state index contributed by atoms with van der Waals surface area (Å²) in [5, 5.41) is 3.61. The normalized spacial score (nSPS) is 27.0. The minimum absolute atomic E-state index is 0.500. The number of nitrogens with one attached hydrogen (secondary N) is 1. The minimum Gasteiger partial charge on any atom is -0.313 e. The molecule has 0 aromatic carbocycles. The van der Waals surface area contributed by atoms with E-state index in [4.69, 9.17) is 0 Å². The van der Waals surface area contributed by atoms with Gasteiger partial charge in [-0.05, 0) is 31.2 Å². The number of piperidine rings is 1. The Bertz CT molecular complexity index is 112. The van der Waals surface area contributed by atoms with E-state index in [-0.39, 0.29) is 0 Å². The molecule has 1 aliphatic rings. The minimum atomic E-state index is 0.500. The molecule has 1 N–H and O–H groups in total. The lowest BCUT2D eigenvalue weighted by Gasteiger charge is -2.37. The maximum absolute atomic E-state index is 3.61. The van der Waals surface area contributed by atoms with Crippen molar-refractivity contribution in [2.45, 2.75) is 52.5 Å². The standard InChI is InChI=1S/C10H21N/c1-4-10(2,3)9-7-5-6-8-11-9/h9,11H,4-8H2,1-3H3/t9-/m0/s1. The average Bonchev–Trinajstić information content (AvgIpc) is 2.06. The van der Waals surface area contributed by atoms with Crippen LogP contribution >= 0.6 is 0 Å². The first-order valence-electron chi connectivity index (χ1n) is 4.90. The maximum Gasteiger partial charge on any atom is 0.0118 e. The van der Waals surface area contributed by atoms with Gasteiger partial charge in [0, 0.05) is 6.04 Å². The summed E-state index contributed by atoms with van der Waals surface area (Å²) < 4.78 is 0. The molecular formula is C10H21N. The van der Waals surface area contributed by atoms with Crippen molar-refractivity contribution in [3.63, 3.8) is 0 Å². The van der Waals surface area contributed by atoms with Crippen LogP contribution in [0.2, 0.25) is 0 Å². The van der Waals surface area contributed by atoms with E-state index in [1.54, 1.807) is 0 Å². The predicted molar refractivity (Wildman–Crippen MR) is 49.7 cm³/mol. The third-order valence-corrected chi connectivity index (χ3v) is 3.16. The number of hydrogen-bond acceptors (Lipinski definition) is 1. The third-order valence-electron chi connectivity index (χ3n) is 3.16. The SMILES string of the molecule is CCC(C)(C)[C@@H]1CCCCN1. The number of rotatable bonds is 2. The molecule has 1 fully saturated rings. The average molecular weight is 155 g/mol. The van der Waals surface area contributed by atoms with Gasteiger partial charge >= 0.3 is 0 Å². The van der Waals surface area contributed by atoms with Crippen molar-refractivity contribution in [2.24, 2.45) is 5.41 Å². The van der Waals surface area contributed by atoms with E-state index in [9.17, 15) is 0 Å². The van der Waals surface area contributed by atoms with Crippen LogP contribution in [-0.4, -0.2) is 12.6 Å². The van der Waals surface area contributed by atoms with Crippen molar-refractivity contribution in [3.05, 3.63) is 0 Å². The fraction of sp³-hybridized carbons (Fsp3) is 1.00. The summed E-state index contributed by atoms with van der Waals surface area (Å²) in [6.45, 7) is 8.26. The Balaban J connectivity index is 2.43. The van der Waals surface area contributed by atoms with Gasteiger partial charge in [0.2, 0.25) is 0 Å². The molecule has 0 unspecified atom stereocenters. The molecule has 1 heteroatoms. The first-order chi connectivity index (χ1) is 5.17. The molecule has 0 aromatic rings. The van der Waals surface area contributed by atoms with Crippen LogP contribution in [0, 0.1) is 5.41 Å². The Morgan fingerprint density at radius 3 is 2.55 bits per heavy atom. The molecule has 0 bridgehead atoms. The van der Waals surface area contributed by atoms with Gasteiger partial charge in [0.25, 0.3) is 0 Å². The van der Waals surface area contributed by atoms with Crippen molar-refractivity contribution in [3.8, 4) is 0 Å². The van der Waals surface area contributed by atoms with Crippen molar-refractivity contribution in [1.29, 1.82) is 0 Å². The van der Waals surface area contributed by atoms with E-state index >= 15 is 0 Å². The molecule has 0 radical (unpaired) electrons.